The molecule has 2 N–H and O–H groups in total. The average Bonchev–Trinajstić information content (AvgIpc) is 2.66. The highest BCUT2D eigenvalue weighted by atomic mass is 19.2. The molecule has 0 spiro atoms. The van der Waals surface area contributed by atoms with Gasteiger partial charge in [0.05, 0.1) is 12.8 Å². The Balaban J connectivity index is 1.82. The smallest absolute Gasteiger partial charge is 0.325 e. The molecule has 0 bridgehead atoms. The first-order valence-electron chi connectivity index (χ1n) is 7.73. The molecule has 2 amide bonds. The Morgan fingerprint density at radius 3 is 2.67 bits per heavy atom. The molecule has 9 heteroatoms. The lowest BCUT2D eigenvalue weighted by molar-refractivity contribution is 0.262. The topological polar surface area (TPSA) is 85.2 Å². The van der Waals surface area contributed by atoms with Crippen LogP contribution in [0.1, 0.15) is 0 Å². The number of hydrogen-bond acceptors (Lipinski definition) is 4. The fourth-order valence-corrected chi connectivity index (χ4v) is 2.31. The van der Waals surface area contributed by atoms with Gasteiger partial charge < -0.3 is 10.1 Å². The number of nitrogens with one attached hydrogen (secondary N) is 2. The monoisotopic (exact) mass is 372 g/mol. The van der Waals surface area contributed by atoms with Crippen molar-refractivity contribution in [2.45, 2.75) is 0 Å². The molecule has 1 heterocycles. The third-order valence-corrected chi connectivity index (χ3v) is 3.58. The number of carbonyl (C=O) groups is 1. The minimum atomic E-state index is -1.10. The van der Waals surface area contributed by atoms with Gasteiger partial charge in [-0.15, -0.1) is 0 Å². The van der Waals surface area contributed by atoms with Crippen molar-refractivity contribution < 1.29 is 18.3 Å². The number of ether oxygens (including phenoxy) is 1. The van der Waals surface area contributed by atoms with Gasteiger partial charge in [0.25, 0.3) is 5.56 Å². The summed E-state index contributed by atoms with van der Waals surface area (Å²) in [5.74, 6) is -1.85. The third kappa shape index (κ3) is 4.09. The van der Waals surface area contributed by atoms with Crippen LogP contribution in [0.25, 0.3) is 5.69 Å². The number of carbonyl (C=O) groups excluding carboxylic acids is 1. The van der Waals surface area contributed by atoms with E-state index in [9.17, 15) is 18.4 Å². The maximum Gasteiger partial charge on any atom is 0.325 e. The van der Waals surface area contributed by atoms with E-state index >= 15 is 0 Å². The van der Waals surface area contributed by atoms with Crippen LogP contribution in [0.5, 0.6) is 5.75 Å². The van der Waals surface area contributed by atoms with Crippen molar-refractivity contribution in [3.05, 3.63) is 76.8 Å². The Morgan fingerprint density at radius 1 is 1.11 bits per heavy atom. The van der Waals surface area contributed by atoms with Crippen LogP contribution in [0, 0.1) is 11.6 Å². The largest absolute Gasteiger partial charge is 0.497 e. The first-order chi connectivity index (χ1) is 13.0. The number of amides is 2. The molecule has 7 nitrogen and oxygen atoms in total. The van der Waals surface area contributed by atoms with Crippen LogP contribution < -0.4 is 20.9 Å². The van der Waals surface area contributed by atoms with Gasteiger partial charge in [-0.2, -0.15) is 0 Å². The lowest BCUT2D eigenvalue weighted by Gasteiger charge is -2.10. The van der Waals surface area contributed by atoms with E-state index in [1.807, 2.05) is 0 Å². The number of nitrogens with zero attached hydrogens (tertiary/aromatic N) is 2. The number of methoxy groups -OCH3 is 1. The summed E-state index contributed by atoms with van der Waals surface area (Å²) in [4.78, 5) is 28.4. The van der Waals surface area contributed by atoms with E-state index in [0.29, 0.717) is 11.4 Å². The molecule has 138 valence electrons. The van der Waals surface area contributed by atoms with Gasteiger partial charge in [-0.05, 0) is 24.3 Å². The normalized spacial score (nSPS) is 10.3. The lowest BCUT2D eigenvalue weighted by atomic mass is 10.3. The van der Waals surface area contributed by atoms with Crippen LogP contribution in [-0.2, 0) is 0 Å². The van der Waals surface area contributed by atoms with E-state index < -0.39 is 23.2 Å². The molecule has 0 unspecified atom stereocenters. The second-order valence-electron chi connectivity index (χ2n) is 5.36. The molecule has 0 saturated carbocycles. The first-order valence-corrected chi connectivity index (χ1v) is 7.73. The summed E-state index contributed by atoms with van der Waals surface area (Å²) in [6.45, 7) is 0. The summed E-state index contributed by atoms with van der Waals surface area (Å²) in [7, 11) is 1.49. The van der Waals surface area contributed by atoms with Crippen LogP contribution in [0.15, 0.2) is 59.7 Å². The van der Waals surface area contributed by atoms with Crippen LogP contribution in [0.4, 0.5) is 25.1 Å². The van der Waals surface area contributed by atoms with Gasteiger partial charge >= 0.3 is 6.03 Å². The quantitative estimate of drug-likeness (QED) is 0.737. The molecular weight excluding hydrogens is 358 g/mol. The van der Waals surface area contributed by atoms with E-state index in [1.54, 1.807) is 24.3 Å². The molecule has 27 heavy (non-hydrogen) atoms. The van der Waals surface area contributed by atoms with Crippen molar-refractivity contribution in [3.8, 4) is 11.4 Å². The Morgan fingerprint density at radius 2 is 1.93 bits per heavy atom. The fourth-order valence-electron chi connectivity index (χ4n) is 2.31. The molecule has 3 rings (SSSR count). The number of halogens is 2. The maximum absolute atomic E-state index is 13.4. The first kappa shape index (κ1) is 18.1. The summed E-state index contributed by atoms with van der Waals surface area (Å²) in [5.41, 5.74) is -0.162. The van der Waals surface area contributed by atoms with Gasteiger partial charge in [-0.1, -0.05) is 6.07 Å². The summed E-state index contributed by atoms with van der Waals surface area (Å²) < 4.78 is 32.6. The fraction of sp³-hybridized carbons (Fsp3) is 0.0556. The van der Waals surface area contributed by atoms with Crippen molar-refractivity contribution in [2.24, 2.45) is 0 Å². The summed E-state index contributed by atoms with van der Waals surface area (Å²) in [6.07, 6.45) is 2.53. The van der Waals surface area contributed by atoms with E-state index in [1.165, 1.54) is 25.6 Å². The molecule has 3 aromatic rings. The molecule has 0 fully saturated rings. The zero-order chi connectivity index (χ0) is 19.4. The number of benzene rings is 2. The third-order valence-electron chi connectivity index (χ3n) is 3.58. The maximum atomic E-state index is 13.4. The van der Waals surface area contributed by atoms with Crippen LogP contribution in [-0.4, -0.2) is 22.7 Å². The highest BCUT2D eigenvalue weighted by molar-refractivity contribution is 5.99. The van der Waals surface area contributed by atoms with Crippen LogP contribution >= 0.6 is 0 Å². The lowest BCUT2D eigenvalue weighted by Crippen LogP contribution is -2.28. The average molecular weight is 372 g/mol. The number of anilines is 2. The van der Waals surface area contributed by atoms with Gasteiger partial charge in [-0.25, -0.2) is 18.6 Å². The number of rotatable bonds is 4. The van der Waals surface area contributed by atoms with Gasteiger partial charge in [0, 0.05) is 30.2 Å². The Hall–Kier alpha value is -3.75. The van der Waals surface area contributed by atoms with Gasteiger partial charge in [0.2, 0.25) is 5.82 Å². The number of aromatic nitrogens is 2. The van der Waals surface area contributed by atoms with E-state index in [-0.39, 0.29) is 11.5 Å². The zero-order valence-corrected chi connectivity index (χ0v) is 14.1. The Kier molecular flexibility index (Phi) is 5.11. The van der Waals surface area contributed by atoms with Gasteiger partial charge in [0.15, 0.2) is 11.6 Å². The molecule has 0 atom stereocenters. The predicted octanol–water partition coefficient (Wildman–Crippen LogP) is 3.16. The van der Waals surface area contributed by atoms with Crippen molar-refractivity contribution in [3.63, 3.8) is 0 Å². The van der Waals surface area contributed by atoms with Gasteiger partial charge in [-0.3, -0.25) is 14.7 Å². The summed E-state index contributed by atoms with van der Waals surface area (Å²) in [5, 5.41) is 4.87. The second kappa shape index (κ2) is 7.65. The van der Waals surface area contributed by atoms with Crippen molar-refractivity contribution in [1.29, 1.82) is 0 Å². The van der Waals surface area contributed by atoms with E-state index in [4.69, 9.17) is 4.74 Å². The molecule has 0 aliphatic carbocycles. The summed E-state index contributed by atoms with van der Waals surface area (Å²) in [6, 6.07) is 8.94. The van der Waals surface area contributed by atoms with Gasteiger partial charge in [0.1, 0.15) is 5.75 Å². The molecule has 0 aliphatic heterocycles. The second-order valence-corrected chi connectivity index (χ2v) is 5.36. The number of hydrogen-bond donors (Lipinski definition) is 2. The van der Waals surface area contributed by atoms with E-state index in [0.717, 1.165) is 16.7 Å². The van der Waals surface area contributed by atoms with Crippen LogP contribution in [0.3, 0.4) is 0 Å². The SMILES string of the molecule is COc1cccc(NC(=O)Nc2nccn(-c3ccc(F)c(F)c3)c2=O)c1. The highest BCUT2D eigenvalue weighted by Gasteiger charge is 2.12. The predicted molar refractivity (Wildman–Crippen MR) is 95.4 cm³/mol. The molecule has 0 saturated heterocycles. The standard InChI is InChI=1S/C18H14F2N4O3/c1-27-13-4-2-3-11(9-13)22-18(26)23-16-17(25)24(8-7-21-16)12-5-6-14(19)15(20)10-12/h2-10H,1H3,(H2,21,22,23,26). The highest BCUT2D eigenvalue weighted by Crippen LogP contribution is 2.17. The van der Waals surface area contributed by atoms with Crippen molar-refractivity contribution in [1.82, 2.24) is 9.55 Å². The molecule has 0 aliphatic rings. The molecule has 0 radical (unpaired) electrons. The minimum Gasteiger partial charge on any atom is -0.497 e. The van der Waals surface area contributed by atoms with Crippen molar-refractivity contribution in [2.75, 3.05) is 17.7 Å². The van der Waals surface area contributed by atoms with E-state index in [2.05, 4.69) is 15.6 Å². The Labute approximate surface area is 152 Å². The Bertz CT molecular complexity index is 1050. The van der Waals surface area contributed by atoms with Crippen LogP contribution in [0.2, 0.25) is 0 Å². The molecule has 1 aromatic heterocycles. The van der Waals surface area contributed by atoms with Crippen molar-refractivity contribution >= 4 is 17.5 Å². The number of urea groups is 1. The summed E-state index contributed by atoms with van der Waals surface area (Å²) >= 11 is 0. The molecular formula is C18H14F2N4O3. The molecule has 2 aromatic carbocycles. The minimum absolute atomic E-state index is 0.0950. The zero-order valence-electron chi connectivity index (χ0n) is 14.1.